The fourth-order valence-electron chi connectivity index (χ4n) is 2.09. The van der Waals surface area contributed by atoms with Gasteiger partial charge in [0.1, 0.15) is 11.6 Å². The number of alkyl halides is 3. The minimum Gasteiger partial charge on any atom is -0.484 e. The van der Waals surface area contributed by atoms with Gasteiger partial charge in [-0.2, -0.15) is 13.2 Å². The Hall–Kier alpha value is -2.82. The summed E-state index contributed by atoms with van der Waals surface area (Å²) in [7, 11) is -3.62. The van der Waals surface area contributed by atoms with Gasteiger partial charge in [-0.15, -0.1) is 0 Å². The smallest absolute Gasteiger partial charge is 0.416 e. The van der Waals surface area contributed by atoms with Crippen LogP contribution in [-0.2, 0) is 27.5 Å². The van der Waals surface area contributed by atoms with Crippen molar-refractivity contribution in [2.24, 2.45) is 0 Å². The van der Waals surface area contributed by atoms with E-state index >= 15 is 0 Å². The van der Waals surface area contributed by atoms with E-state index in [9.17, 15) is 30.8 Å². The molecule has 0 radical (unpaired) electrons. The Morgan fingerprint density at radius 1 is 1.11 bits per heavy atom. The summed E-state index contributed by atoms with van der Waals surface area (Å²) in [5, 5.41) is 2.45. The van der Waals surface area contributed by atoms with E-state index in [0.29, 0.717) is 5.56 Å². The zero-order valence-electron chi connectivity index (χ0n) is 14.5. The van der Waals surface area contributed by atoms with Crippen LogP contribution in [0.15, 0.2) is 42.5 Å². The highest BCUT2D eigenvalue weighted by Gasteiger charge is 2.30. The average Bonchev–Trinajstić information content (AvgIpc) is 2.59. The lowest BCUT2D eigenvalue weighted by Crippen LogP contribution is -2.28. The molecular weight excluding hydrogens is 404 g/mol. The minimum absolute atomic E-state index is 0.0503. The molecule has 0 fully saturated rings. The molecule has 152 valence electrons. The van der Waals surface area contributed by atoms with Crippen molar-refractivity contribution in [3.05, 3.63) is 59.4 Å². The Morgan fingerprint density at radius 2 is 1.75 bits per heavy atom. The number of ether oxygens (including phenoxy) is 1. The third-order valence-electron chi connectivity index (χ3n) is 3.37. The van der Waals surface area contributed by atoms with E-state index in [1.165, 1.54) is 12.1 Å². The molecule has 11 heteroatoms. The number of benzene rings is 2. The van der Waals surface area contributed by atoms with Crippen molar-refractivity contribution in [1.82, 2.24) is 5.32 Å². The molecule has 0 bridgehead atoms. The van der Waals surface area contributed by atoms with Gasteiger partial charge in [-0.05, 0) is 42.0 Å². The number of amides is 1. The molecule has 0 aliphatic carbocycles. The van der Waals surface area contributed by atoms with E-state index < -0.39 is 40.1 Å². The van der Waals surface area contributed by atoms with E-state index in [0.717, 1.165) is 36.6 Å². The van der Waals surface area contributed by atoms with Crippen molar-refractivity contribution in [1.29, 1.82) is 0 Å². The number of anilines is 1. The number of sulfonamides is 1. The predicted octanol–water partition coefficient (Wildman–Crippen LogP) is 2.91. The van der Waals surface area contributed by atoms with E-state index in [1.54, 1.807) is 0 Å². The normalized spacial score (nSPS) is 11.8. The molecule has 2 rings (SSSR count). The molecule has 0 unspecified atom stereocenters. The molecule has 28 heavy (non-hydrogen) atoms. The van der Waals surface area contributed by atoms with Crippen molar-refractivity contribution < 1.29 is 35.5 Å². The number of hydrogen-bond donors (Lipinski definition) is 2. The maximum Gasteiger partial charge on any atom is 0.416 e. The highest BCUT2D eigenvalue weighted by Crippen LogP contribution is 2.30. The summed E-state index contributed by atoms with van der Waals surface area (Å²) in [6.07, 6.45) is -3.57. The van der Waals surface area contributed by atoms with Gasteiger partial charge < -0.3 is 10.1 Å². The number of nitrogens with one attached hydrogen (secondary N) is 2. The first-order chi connectivity index (χ1) is 12.9. The van der Waals surface area contributed by atoms with Crippen LogP contribution in [-0.4, -0.2) is 27.2 Å². The number of hydrogen-bond acceptors (Lipinski definition) is 4. The highest BCUT2D eigenvalue weighted by molar-refractivity contribution is 7.92. The molecule has 1 amide bonds. The van der Waals surface area contributed by atoms with Gasteiger partial charge in [-0.25, -0.2) is 12.8 Å². The van der Waals surface area contributed by atoms with Crippen LogP contribution in [0.3, 0.4) is 0 Å². The summed E-state index contributed by atoms with van der Waals surface area (Å²) < 4.78 is 80.6. The molecule has 0 aromatic heterocycles. The topological polar surface area (TPSA) is 84.5 Å². The van der Waals surface area contributed by atoms with Crippen LogP contribution >= 0.6 is 0 Å². The molecule has 0 spiro atoms. The standard InChI is InChI=1S/C17H16F4N2O4S/c1-28(25,26)23-15-7-2-11(8-14(15)18)9-22-16(24)10-27-13-5-3-12(4-6-13)17(19,20)21/h2-8,23H,9-10H2,1H3,(H,22,24). The van der Waals surface area contributed by atoms with Gasteiger partial charge in [0, 0.05) is 6.54 Å². The second kappa shape index (κ2) is 8.46. The third-order valence-corrected chi connectivity index (χ3v) is 3.96. The van der Waals surface area contributed by atoms with Gasteiger partial charge in [0.15, 0.2) is 6.61 Å². The molecule has 2 aromatic carbocycles. The van der Waals surface area contributed by atoms with E-state index in [2.05, 4.69) is 5.32 Å². The second-order valence-corrected chi connectivity index (χ2v) is 7.52. The van der Waals surface area contributed by atoms with Crippen molar-refractivity contribution in [3.8, 4) is 5.75 Å². The molecule has 0 aliphatic heterocycles. The van der Waals surface area contributed by atoms with Gasteiger partial charge in [0.2, 0.25) is 10.0 Å². The molecule has 6 nitrogen and oxygen atoms in total. The second-order valence-electron chi connectivity index (χ2n) is 5.78. The van der Waals surface area contributed by atoms with Crippen LogP contribution in [0, 0.1) is 5.82 Å². The molecule has 0 aliphatic rings. The van der Waals surface area contributed by atoms with Gasteiger partial charge in [-0.3, -0.25) is 9.52 Å². The van der Waals surface area contributed by atoms with Crippen molar-refractivity contribution >= 4 is 21.6 Å². The minimum atomic E-state index is -4.46. The number of rotatable bonds is 7. The Labute approximate surface area is 158 Å². The molecular formula is C17H16F4N2O4S. The first-order valence-corrected chi connectivity index (χ1v) is 9.66. The lowest BCUT2D eigenvalue weighted by molar-refractivity contribution is -0.137. The van der Waals surface area contributed by atoms with Gasteiger partial charge in [-0.1, -0.05) is 6.07 Å². The Balaban J connectivity index is 1.85. The lowest BCUT2D eigenvalue weighted by Gasteiger charge is -2.10. The Morgan fingerprint density at radius 3 is 2.29 bits per heavy atom. The maximum absolute atomic E-state index is 13.8. The zero-order valence-corrected chi connectivity index (χ0v) is 15.3. The van der Waals surface area contributed by atoms with Crippen molar-refractivity contribution in [2.45, 2.75) is 12.7 Å². The number of halogens is 4. The molecule has 0 saturated heterocycles. The number of carbonyl (C=O) groups excluding carboxylic acids is 1. The highest BCUT2D eigenvalue weighted by atomic mass is 32.2. The van der Waals surface area contributed by atoms with Crippen LogP contribution in [0.5, 0.6) is 5.75 Å². The fraction of sp³-hybridized carbons (Fsp3) is 0.235. The Kier molecular flexibility index (Phi) is 6.49. The lowest BCUT2D eigenvalue weighted by atomic mass is 10.2. The van der Waals surface area contributed by atoms with Crippen LogP contribution in [0.25, 0.3) is 0 Å². The largest absolute Gasteiger partial charge is 0.484 e. The van der Waals surface area contributed by atoms with Gasteiger partial charge in [0.25, 0.3) is 5.91 Å². The van der Waals surface area contributed by atoms with E-state index in [1.807, 2.05) is 4.72 Å². The predicted molar refractivity (Wildman–Crippen MR) is 93.7 cm³/mol. The summed E-state index contributed by atoms with van der Waals surface area (Å²) in [5.74, 6) is -1.29. The van der Waals surface area contributed by atoms with Crippen LogP contribution < -0.4 is 14.8 Å². The van der Waals surface area contributed by atoms with Crippen molar-refractivity contribution in [3.63, 3.8) is 0 Å². The van der Waals surface area contributed by atoms with Crippen LogP contribution in [0.1, 0.15) is 11.1 Å². The molecule has 0 saturated carbocycles. The summed E-state index contributed by atoms with van der Waals surface area (Å²) >= 11 is 0. The average molecular weight is 420 g/mol. The quantitative estimate of drug-likeness (QED) is 0.675. The summed E-state index contributed by atoms with van der Waals surface area (Å²) in [5.41, 5.74) is -0.678. The van der Waals surface area contributed by atoms with Gasteiger partial charge >= 0.3 is 6.18 Å². The third kappa shape index (κ3) is 6.72. The number of carbonyl (C=O) groups is 1. The Bertz CT molecular complexity index is 945. The summed E-state index contributed by atoms with van der Waals surface area (Å²) in [6, 6.07) is 7.57. The first kappa shape index (κ1) is 21.5. The SMILES string of the molecule is CS(=O)(=O)Nc1ccc(CNC(=O)COc2ccc(C(F)(F)F)cc2)cc1F. The fourth-order valence-corrected chi connectivity index (χ4v) is 2.66. The van der Waals surface area contributed by atoms with E-state index in [-0.39, 0.29) is 18.0 Å². The van der Waals surface area contributed by atoms with Gasteiger partial charge in [0.05, 0.1) is 17.5 Å². The molecule has 0 heterocycles. The van der Waals surface area contributed by atoms with Crippen LogP contribution in [0.4, 0.5) is 23.2 Å². The maximum atomic E-state index is 13.8. The molecule has 2 aromatic rings. The first-order valence-electron chi connectivity index (χ1n) is 7.77. The summed E-state index contributed by atoms with van der Waals surface area (Å²) in [4.78, 5) is 11.8. The monoisotopic (exact) mass is 420 g/mol. The molecule has 0 atom stereocenters. The zero-order chi connectivity index (χ0) is 20.9. The van der Waals surface area contributed by atoms with Crippen molar-refractivity contribution in [2.75, 3.05) is 17.6 Å². The van der Waals surface area contributed by atoms with E-state index in [4.69, 9.17) is 4.74 Å². The van der Waals surface area contributed by atoms with Crippen LogP contribution in [0.2, 0.25) is 0 Å². The molecule has 2 N–H and O–H groups in total. The summed E-state index contributed by atoms with van der Waals surface area (Å²) in [6.45, 7) is -0.493.